The van der Waals surface area contributed by atoms with Gasteiger partial charge < -0.3 is 9.13 Å². The lowest BCUT2D eigenvalue weighted by Gasteiger charge is -2.12. The van der Waals surface area contributed by atoms with E-state index in [0.29, 0.717) is 17.5 Å². The number of thiophene rings is 1. The van der Waals surface area contributed by atoms with Gasteiger partial charge in [0.05, 0.1) is 21.3 Å². The lowest BCUT2D eigenvalue weighted by Crippen LogP contribution is -2.00. The smallest absolute Gasteiger partial charge is 0.164 e. The van der Waals surface area contributed by atoms with E-state index in [4.69, 9.17) is 15.0 Å². The van der Waals surface area contributed by atoms with Gasteiger partial charge in [-0.15, -0.1) is 11.3 Å². The lowest BCUT2D eigenvalue weighted by atomic mass is 10.0. The quantitative estimate of drug-likeness (QED) is 0.169. The molecule has 0 atom stereocenters. The minimum absolute atomic E-state index is 0.639. The topological polar surface area (TPSA) is 48.5 Å². The van der Waals surface area contributed by atoms with Crippen molar-refractivity contribution in [3.63, 3.8) is 0 Å². The molecule has 0 spiro atoms. The number of rotatable bonds is 6. The third kappa shape index (κ3) is 5.57. The molecule has 0 aliphatic heterocycles. The highest BCUT2D eigenvalue weighted by Gasteiger charge is 2.20. The molecule has 0 fully saturated rings. The summed E-state index contributed by atoms with van der Waals surface area (Å²) < 4.78 is 7.37. The Kier molecular flexibility index (Phi) is 7.64. The Balaban J connectivity index is 1.01. The summed E-state index contributed by atoms with van der Waals surface area (Å²) in [5.41, 5.74) is 10.9. The number of hydrogen-bond acceptors (Lipinski definition) is 4. The van der Waals surface area contributed by atoms with Crippen LogP contribution in [0.3, 0.4) is 0 Å². The zero-order valence-corrected chi connectivity index (χ0v) is 32.5. The average molecular weight is 772 g/mol. The molecule has 12 rings (SSSR count). The monoisotopic (exact) mass is 771 g/mol. The second-order valence-corrected chi connectivity index (χ2v) is 15.9. The maximum atomic E-state index is 5.00. The van der Waals surface area contributed by atoms with Crippen LogP contribution in [0.5, 0.6) is 0 Å². The normalized spacial score (nSPS) is 11.7. The average Bonchev–Trinajstić information content (AvgIpc) is 4.01. The second-order valence-electron chi connectivity index (χ2n) is 14.9. The van der Waals surface area contributed by atoms with Gasteiger partial charge >= 0.3 is 0 Å². The van der Waals surface area contributed by atoms with Crippen LogP contribution < -0.4 is 0 Å². The Morgan fingerprint density at radius 2 is 0.983 bits per heavy atom. The van der Waals surface area contributed by atoms with Crippen molar-refractivity contribution in [2.45, 2.75) is 0 Å². The largest absolute Gasteiger partial charge is 0.316 e. The summed E-state index contributed by atoms with van der Waals surface area (Å²) in [6.45, 7) is 0. The van der Waals surface area contributed by atoms with E-state index < -0.39 is 0 Å². The van der Waals surface area contributed by atoms with Crippen molar-refractivity contribution >= 4 is 64.2 Å². The SMILES string of the molecule is c1ccc(-c2nc(-c3ccccc3)nc(-c3cccc(-c4ccc(-n5c6cc7c(ccn7-c7ccccc7)cc6c6ccc7c8ccccc8sc7c65)cc4)c3)n2)cc1. The Labute approximate surface area is 343 Å². The number of hydrogen-bond donors (Lipinski definition) is 0. The number of para-hydroxylation sites is 1. The molecule has 12 aromatic rings. The molecule has 4 aromatic heterocycles. The van der Waals surface area contributed by atoms with E-state index in [1.807, 2.05) is 72.0 Å². The summed E-state index contributed by atoms with van der Waals surface area (Å²) in [5.74, 6) is 1.94. The standard InChI is InChI=1S/C53H33N5S/c1-4-13-35(14-5-1)51-54-52(36-15-6-2-7-16-36)56-53(55-51)39-18-12-17-37(31-39)34-23-25-41(26-24-34)58-47-33-46-38(29-30-57(46)40-19-8-3-9-20-40)32-45(47)43-27-28-44-42-21-10-11-22-48(42)59-50(44)49(43)58/h1-33H. The first-order chi connectivity index (χ1) is 29.2. The molecular weight excluding hydrogens is 739 g/mol. The van der Waals surface area contributed by atoms with Crippen LogP contribution in [0.15, 0.2) is 200 Å². The van der Waals surface area contributed by atoms with E-state index in [1.165, 1.54) is 52.9 Å². The molecule has 0 saturated carbocycles. The summed E-state index contributed by atoms with van der Waals surface area (Å²) in [4.78, 5) is 14.9. The highest BCUT2D eigenvalue weighted by Crippen LogP contribution is 2.44. The summed E-state index contributed by atoms with van der Waals surface area (Å²) in [6, 6.07) is 68.7. The van der Waals surface area contributed by atoms with E-state index in [1.54, 1.807) is 0 Å². The van der Waals surface area contributed by atoms with Crippen LogP contribution in [-0.4, -0.2) is 24.1 Å². The molecule has 0 bridgehead atoms. The van der Waals surface area contributed by atoms with Crippen molar-refractivity contribution in [2.75, 3.05) is 0 Å². The van der Waals surface area contributed by atoms with E-state index in [9.17, 15) is 0 Å². The van der Waals surface area contributed by atoms with Gasteiger partial charge in [-0.3, -0.25) is 0 Å². The minimum Gasteiger partial charge on any atom is -0.316 e. The number of aromatic nitrogens is 5. The van der Waals surface area contributed by atoms with Crippen molar-refractivity contribution in [1.82, 2.24) is 24.1 Å². The number of nitrogens with zero attached hydrogens (tertiary/aromatic N) is 5. The predicted molar refractivity (Wildman–Crippen MR) is 246 cm³/mol. The fourth-order valence-electron chi connectivity index (χ4n) is 8.57. The molecule has 0 unspecified atom stereocenters. The van der Waals surface area contributed by atoms with Crippen LogP contribution in [0.25, 0.3) is 110 Å². The van der Waals surface area contributed by atoms with Crippen LogP contribution in [0.1, 0.15) is 0 Å². The van der Waals surface area contributed by atoms with Gasteiger partial charge in [0, 0.05) is 65.9 Å². The Hall–Kier alpha value is -7.67. The van der Waals surface area contributed by atoms with Gasteiger partial charge in [0.15, 0.2) is 17.5 Å². The van der Waals surface area contributed by atoms with Gasteiger partial charge in [0.25, 0.3) is 0 Å². The molecule has 4 heterocycles. The third-order valence-corrected chi connectivity index (χ3v) is 12.6. The molecular formula is C53H33N5S. The molecule has 8 aromatic carbocycles. The molecule has 0 saturated heterocycles. The molecule has 0 N–H and O–H groups in total. The summed E-state index contributed by atoms with van der Waals surface area (Å²) in [7, 11) is 0. The van der Waals surface area contributed by atoms with E-state index in [-0.39, 0.29) is 0 Å². The van der Waals surface area contributed by atoms with Crippen molar-refractivity contribution < 1.29 is 0 Å². The highest BCUT2D eigenvalue weighted by atomic mass is 32.1. The first-order valence-electron chi connectivity index (χ1n) is 19.8. The van der Waals surface area contributed by atoms with Gasteiger partial charge in [0.2, 0.25) is 0 Å². The van der Waals surface area contributed by atoms with Crippen LogP contribution in [0, 0.1) is 0 Å². The van der Waals surface area contributed by atoms with E-state index >= 15 is 0 Å². The summed E-state index contributed by atoms with van der Waals surface area (Å²) >= 11 is 1.88. The van der Waals surface area contributed by atoms with Crippen LogP contribution >= 0.6 is 11.3 Å². The van der Waals surface area contributed by atoms with Gasteiger partial charge in [-0.2, -0.15) is 0 Å². The number of benzene rings is 8. The van der Waals surface area contributed by atoms with Crippen molar-refractivity contribution in [2.24, 2.45) is 0 Å². The van der Waals surface area contributed by atoms with Gasteiger partial charge in [0.1, 0.15) is 0 Å². The fraction of sp³-hybridized carbons (Fsp3) is 0. The van der Waals surface area contributed by atoms with Crippen LogP contribution in [0.4, 0.5) is 0 Å². The molecule has 276 valence electrons. The number of fused-ring (bicyclic) bond motifs is 8. The van der Waals surface area contributed by atoms with Gasteiger partial charge in [-0.25, -0.2) is 15.0 Å². The minimum atomic E-state index is 0.639. The Morgan fingerprint density at radius 1 is 0.373 bits per heavy atom. The van der Waals surface area contributed by atoms with E-state index in [0.717, 1.165) is 39.2 Å². The first kappa shape index (κ1) is 33.5. The molecule has 6 heteroatoms. The van der Waals surface area contributed by atoms with Crippen molar-refractivity contribution in [1.29, 1.82) is 0 Å². The molecule has 0 amide bonds. The molecule has 0 radical (unpaired) electrons. The molecule has 5 nitrogen and oxygen atoms in total. The Morgan fingerprint density at radius 3 is 1.71 bits per heavy atom. The second kappa shape index (κ2) is 13.5. The molecule has 0 aliphatic rings. The maximum Gasteiger partial charge on any atom is 0.164 e. The van der Waals surface area contributed by atoms with Crippen molar-refractivity contribution in [3.05, 3.63) is 200 Å². The van der Waals surface area contributed by atoms with Crippen LogP contribution in [-0.2, 0) is 0 Å². The van der Waals surface area contributed by atoms with Crippen molar-refractivity contribution in [3.8, 4) is 56.7 Å². The van der Waals surface area contributed by atoms with Gasteiger partial charge in [-0.1, -0.05) is 140 Å². The highest BCUT2D eigenvalue weighted by molar-refractivity contribution is 7.26. The van der Waals surface area contributed by atoms with Crippen LogP contribution in [0.2, 0.25) is 0 Å². The zero-order valence-electron chi connectivity index (χ0n) is 31.7. The molecule has 59 heavy (non-hydrogen) atoms. The lowest BCUT2D eigenvalue weighted by molar-refractivity contribution is 1.07. The zero-order chi connectivity index (χ0) is 38.9. The maximum absolute atomic E-state index is 5.00. The van der Waals surface area contributed by atoms with E-state index in [2.05, 4.69) is 149 Å². The first-order valence-corrected chi connectivity index (χ1v) is 20.6. The summed E-state index contributed by atoms with van der Waals surface area (Å²) in [6.07, 6.45) is 2.18. The molecule has 0 aliphatic carbocycles. The summed E-state index contributed by atoms with van der Waals surface area (Å²) in [5, 5.41) is 6.31. The fourth-order valence-corrected chi connectivity index (χ4v) is 9.81. The Bertz CT molecular complexity index is 3470. The third-order valence-electron chi connectivity index (χ3n) is 11.4. The predicted octanol–water partition coefficient (Wildman–Crippen LogP) is 13.9. The van der Waals surface area contributed by atoms with Gasteiger partial charge in [-0.05, 0) is 65.7 Å².